The summed E-state index contributed by atoms with van der Waals surface area (Å²) in [6.45, 7) is 0. The molecule has 0 amide bonds. The van der Waals surface area contributed by atoms with Gasteiger partial charge < -0.3 is 5.73 Å². The SMILES string of the molecule is [B]c1cnc(C2(N)CC(F)(F)C2)c(P)c1. The minimum Gasteiger partial charge on any atom is -0.320 e. The van der Waals surface area contributed by atoms with Crippen molar-refractivity contribution in [2.45, 2.75) is 24.3 Å². The summed E-state index contributed by atoms with van der Waals surface area (Å²) in [6, 6.07) is 1.66. The molecular formula is C9H10BF2N2P. The third kappa shape index (κ3) is 1.91. The number of aromatic nitrogens is 1. The van der Waals surface area contributed by atoms with Gasteiger partial charge in [0.2, 0.25) is 0 Å². The highest BCUT2D eigenvalue weighted by molar-refractivity contribution is 7.27. The van der Waals surface area contributed by atoms with Gasteiger partial charge in [0, 0.05) is 19.0 Å². The summed E-state index contributed by atoms with van der Waals surface area (Å²) in [6.07, 6.45) is 0.741. The van der Waals surface area contributed by atoms with E-state index in [4.69, 9.17) is 13.6 Å². The maximum absolute atomic E-state index is 12.8. The molecule has 1 saturated carbocycles. The molecule has 1 aliphatic carbocycles. The molecule has 2 nitrogen and oxygen atoms in total. The summed E-state index contributed by atoms with van der Waals surface area (Å²) < 4.78 is 25.6. The van der Waals surface area contributed by atoms with Crippen LogP contribution in [0.4, 0.5) is 8.78 Å². The molecule has 1 aromatic heterocycles. The lowest BCUT2D eigenvalue weighted by atomic mass is 9.71. The topological polar surface area (TPSA) is 38.9 Å². The summed E-state index contributed by atoms with van der Waals surface area (Å²) in [5.74, 6) is -2.66. The van der Waals surface area contributed by atoms with Crippen LogP contribution in [0.2, 0.25) is 0 Å². The van der Waals surface area contributed by atoms with Crippen LogP contribution >= 0.6 is 9.24 Å². The Kier molecular flexibility index (Phi) is 2.36. The monoisotopic (exact) mass is 226 g/mol. The highest BCUT2D eigenvalue weighted by atomic mass is 31.0. The molecule has 6 heteroatoms. The Bertz CT molecular complexity index is 403. The third-order valence-corrected chi connectivity index (χ3v) is 3.00. The molecule has 1 aliphatic rings. The molecule has 0 aromatic carbocycles. The molecule has 1 unspecified atom stereocenters. The average Bonchev–Trinajstić information content (AvgIpc) is 1.98. The van der Waals surface area contributed by atoms with Crippen LogP contribution in [0.25, 0.3) is 0 Å². The summed E-state index contributed by atoms with van der Waals surface area (Å²) in [5, 5.41) is 0.688. The van der Waals surface area contributed by atoms with E-state index in [0.29, 0.717) is 16.5 Å². The molecule has 0 bridgehead atoms. The molecule has 1 heterocycles. The minimum atomic E-state index is -2.66. The Morgan fingerprint density at radius 3 is 2.53 bits per heavy atom. The number of hydrogen-bond acceptors (Lipinski definition) is 2. The van der Waals surface area contributed by atoms with Crippen LogP contribution in [-0.2, 0) is 5.54 Å². The van der Waals surface area contributed by atoms with E-state index in [1.54, 1.807) is 6.07 Å². The van der Waals surface area contributed by atoms with Crippen LogP contribution in [0.1, 0.15) is 18.5 Å². The van der Waals surface area contributed by atoms with E-state index in [2.05, 4.69) is 14.2 Å². The van der Waals surface area contributed by atoms with Crippen molar-refractivity contribution in [3.05, 3.63) is 18.0 Å². The van der Waals surface area contributed by atoms with Gasteiger partial charge in [-0.2, -0.15) is 0 Å². The predicted molar refractivity (Wildman–Crippen MR) is 59.0 cm³/mol. The van der Waals surface area contributed by atoms with E-state index in [-0.39, 0.29) is 12.8 Å². The molecule has 0 aliphatic heterocycles. The largest absolute Gasteiger partial charge is 0.320 e. The Morgan fingerprint density at radius 1 is 1.47 bits per heavy atom. The van der Waals surface area contributed by atoms with E-state index >= 15 is 0 Å². The molecule has 0 spiro atoms. The van der Waals surface area contributed by atoms with Crippen molar-refractivity contribution in [1.29, 1.82) is 0 Å². The van der Waals surface area contributed by atoms with Crippen LogP contribution in [0, 0.1) is 0 Å². The van der Waals surface area contributed by atoms with E-state index in [0.717, 1.165) is 0 Å². The second kappa shape index (κ2) is 3.23. The number of pyridine rings is 1. The van der Waals surface area contributed by atoms with Crippen LogP contribution in [0.15, 0.2) is 12.3 Å². The number of hydrogen-bond donors (Lipinski definition) is 1. The standard InChI is InChI=1S/C9H10BF2N2P/c10-5-1-6(15)7(14-2-5)8(13)3-9(11,12)4-8/h1-2H,3-4,13,15H2. The maximum Gasteiger partial charge on any atom is 0.252 e. The second-order valence-electron chi connectivity index (χ2n) is 4.07. The molecule has 1 atom stereocenters. The van der Waals surface area contributed by atoms with Crippen LogP contribution in [0.3, 0.4) is 0 Å². The van der Waals surface area contributed by atoms with Gasteiger partial charge in [0.1, 0.15) is 7.85 Å². The fourth-order valence-electron chi connectivity index (χ4n) is 1.95. The molecule has 0 saturated heterocycles. The van der Waals surface area contributed by atoms with Crippen LogP contribution < -0.4 is 16.5 Å². The summed E-state index contributed by atoms with van der Waals surface area (Å²) >= 11 is 0. The van der Waals surface area contributed by atoms with Crippen molar-refractivity contribution in [2.75, 3.05) is 0 Å². The highest BCUT2D eigenvalue weighted by Gasteiger charge is 2.56. The number of nitrogens with zero attached hydrogens (tertiary/aromatic N) is 1. The number of rotatable bonds is 1. The lowest BCUT2D eigenvalue weighted by Crippen LogP contribution is -2.57. The van der Waals surface area contributed by atoms with Gasteiger partial charge in [0.05, 0.1) is 11.2 Å². The van der Waals surface area contributed by atoms with Gasteiger partial charge in [-0.3, -0.25) is 4.98 Å². The maximum atomic E-state index is 12.8. The van der Waals surface area contributed by atoms with E-state index in [1.165, 1.54) is 6.20 Å². The lowest BCUT2D eigenvalue weighted by Gasteiger charge is -2.44. The first-order valence-corrected chi connectivity index (χ1v) is 5.08. The number of alkyl halides is 2. The summed E-state index contributed by atoms with van der Waals surface area (Å²) in [7, 11) is 7.94. The number of nitrogens with two attached hydrogens (primary N) is 1. The zero-order chi connectivity index (χ0) is 11.3. The van der Waals surface area contributed by atoms with E-state index < -0.39 is 11.5 Å². The van der Waals surface area contributed by atoms with Gasteiger partial charge in [-0.15, -0.1) is 9.24 Å². The van der Waals surface area contributed by atoms with Gasteiger partial charge in [-0.1, -0.05) is 11.5 Å². The molecular weight excluding hydrogens is 216 g/mol. The zero-order valence-electron chi connectivity index (χ0n) is 8.00. The fourth-order valence-corrected chi connectivity index (χ4v) is 2.51. The highest BCUT2D eigenvalue weighted by Crippen LogP contribution is 2.48. The lowest BCUT2D eigenvalue weighted by molar-refractivity contribution is -0.125. The summed E-state index contributed by atoms with van der Waals surface area (Å²) in [5.41, 5.74) is 5.84. The molecule has 2 rings (SSSR count). The molecule has 2 radical (unpaired) electrons. The Hall–Kier alpha value is -0.535. The van der Waals surface area contributed by atoms with Crippen LogP contribution in [-0.4, -0.2) is 18.8 Å². The Morgan fingerprint density at radius 2 is 2.07 bits per heavy atom. The summed E-state index contributed by atoms with van der Waals surface area (Å²) in [4.78, 5) is 4.03. The van der Waals surface area contributed by atoms with Crippen molar-refractivity contribution in [3.8, 4) is 0 Å². The van der Waals surface area contributed by atoms with Crippen molar-refractivity contribution < 1.29 is 8.78 Å². The second-order valence-corrected chi connectivity index (χ2v) is 4.69. The third-order valence-electron chi connectivity index (χ3n) is 2.56. The first kappa shape index (κ1) is 11.0. The van der Waals surface area contributed by atoms with E-state index in [9.17, 15) is 8.78 Å². The van der Waals surface area contributed by atoms with Gasteiger partial charge >= 0.3 is 0 Å². The Labute approximate surface area is 90.3 Å². The van der Waals surface area contributed by atoms with Gasteiger partial charge in [-0.25, -0.2) is 8.78 Å². The van der Waals surface area contributed by atoms with E-state index in [1.807, 2.05) is 0 Å². The Balaban J connectivity index is 2.32. The first-order chi connectivity index (χ1) is 6.82. The smallest absolute Gasteiger partial charge is 0.252 e. The molecule has 78 valence electrons. The van der Waals surface area contributed by atoms with Crippen molar-refractivity contribution >= 4 is 27.9 Å². The fraction of sp³-hybridized carbons (Fsp3) is 0.444. The van der Waals surface area contributed by atoms with Gasteiger partial charge in [0.15, 0.2) is 0 Å². The molecule has 1 aromatic rings. The quantitative estimate of drug-likeness (QED) is 0.539. The first-order valence-electron chi connectivity index (χ1n) is 4.51. The van der Waals surface area contributed by atoms with Crippen molar-refractivity contribution in [3.63, 3.8) is 0 Å². The van der Waals surface area contributed by atoms with Crippen molar-refractivity contribution in [2.24, 2.45) is 5.73 Å². The predicted octanol–water partition coefficient (Wildman–Crippen LogP) is -0.0411. The average molecular weight is 226 g/mol. The minimum absolute atomic E-state index is 0.349. The molecule has 15 heavy (non-hydrogen) atoms. The normalized spacial score (nSPS) is 22.1. The van der Waals surface area contributed by atoms with Gasteiger partial charge in [0.25, 0.3) is 5.92 Å². The molecule has 2 N–H and O–H groups in total. The van der Waals surface area contributed by atoms with Crippen LogP contribution in [0.5, 0.6) is 0 Å². The molecule has 1 fully saturated rings. The van der Waals surface area contributed by atoms with Gasteiger partial charge in [-0.05, 0) is 5.30 Å². The number of halogens is 2. The van der Waals surface area contributed by atoms with Crippen molar-refractivity contribution in [1.82, 2.24) is 4.98 Å². The zero-order valence-corrected chi connectivity index (χ0v) is 9.16.